The second-order valence-electron chi connectivity index (χ2n) is 6.56. The number of nitrogens with zero attached hydrogens (tertiary/aromatic N) is 2. The zero-order valence-electron chi connectivity index (χ0n) is 14.8. The summed E-state index contributed by atoms with van der Waals surface area (Å²) >= 11 is 0. The first-order valence-corrected chi connectivity index (χ1v) is 8.93. The molecule has 2 aromatic rings. The van der Waals surface area contributed by atoms with E-state index >= 15 is 0 Å². The lowest BCUT2D eigenvalue weighted by molar-refractivity contribution is -0.384. The van der Waals surface area contributed by atoms with Crippen molar-refractivity contribution in [3.8, 4) is 0 Å². The van der Waals surface area contributed by atoms with Crippen LogP contribution >= 0.6 is 0 Å². The van der Waals surface area contributed by atoms with Crippen LogP contribution < -0.4 is 5.32 Å². The fourth-order valence-corrected chi connectivity index (χ4v) is 3.35. The van der Waals surface area contributed by atoms with Gasteiger partial charge in [0.05, 0.1) is 11.2 Å². The summed E-state index contributed by atoms with van der Waals surface area (Å²) in [6, 6.07) is 8.91. The van der Waals surface area contributed by atoms with E-state index in [1.807, 2.05) is 0 Å². The molecule has 8 heteroatoms. The van der Waals surface area contributed by atoms with Crippen LogP contribution in [-0.2, 0) is 4.79 Å². The maximum atomic E-state index is 12.8. The number of hydrogen-bond acceptors (Lipinski definition) is 5. The lowest BCUT2D eigenvalue weighted by Crippen LogP contribution is -2.45. The van der Waals surface area contributed by atoms with Crippen molar-refractivity contribution in [2.45, 2.75) is 38.1 Å². The Bertz CT molecular complexity index is 813. The van der Waals surface area contributed by atoms with Crippen molar-refractivity contribution in [1.82, 2.24) is 4.90 Å². The Hall–Kier alpha value is -3.16. The SMILES string of the molecule is O=C(CN(C(=O)c1ccco1)C1CCCCC1)Nc1cccc([N+](=O)[O-])c1. The van der Waals surface area contributed by atoms with E-state index in [1.165, 1.54) is 24.5 Å². The van der Waals surface area contributed by atoms with Crippen LogP contribution in [0, 0.1) is 10.1 Å². The Morgan fingerprint density at radius 2 is 1.96 bits per heavy atom. The highest BCUT2D eigenvalue weighted by Crippen LogP contribution is 2.24. The average Bonchev–Trinajstić information content (AvgIpc) is 3.21. The zero-order valence-corrected chi connectivity index (χ0v) is 14.8. The number of nitro benzene ring substituents is 1. The summed E-state index contributed by atoms with van der Waals surface area (Å²) in [5, 5.41) is 13.5. The van der Waals surface area contributed by atoms with Gasteiger partial charge in [-0.05, 0) is 31.0 Å². The zero-order chi connectivity index (χ0) is 19.2. The predicted octanol–water partition coefficient (Wildman–Crippen LogP) is 3.60. The van der Waals surface area contributed by atoms with Crippen molar-refractivity contribution in [3.05, 3.63) is 58.5 Å². The molecule has 27 heavy (non-hydrogen) atoms. The summed E-state index contributed by atoms with van der Waals surface area (Å²) in [6.45, 7) is -0.132. The molecule has 3 rings (SSSR count). The van der Waals surface area contributed by atoms with Gasteiger partial charge in [0.2, 0.25) is 5.91 Å². The van der Waals surface area contributed by atoms with Gasteiger partial charge >= 0.3 is 0 Å². The minimum absolute atomic E-state index is 0.0211. The molecule has 0 unspecified atom stereocenters. The largest absolute Gasteiger partial charge is 0.459 e. The van der Waals surface area contributed by atoms with E-state index in [9.17, 15) is 19.7 Å². The number of amides is 2. The summed E-state index contributed by atoms with van der Waals surface area (Å²) in [6.07, 6.45) is 6.26. The quantitative estimate of drug-likeness (QED) is 0.617. The Balaban J connectivity index is 1.73. The molecule has 0 bridgehead atoms. The molecule has 1 fully saturated rings. The number of carbonyl (C=O) groups is 2. The molecular formula is C19H21N3O5. The van der Waals surface area contributed by atoms with Crippen molar-refractivity contribution in [1.29, 1.82) is 0 Å². The third-order valence-electron chi connectivity index (χ3n) is 4.66. The van der Waals surface area contributed by atoms with Gasteiger partial charge in [-0.15, -0.1) is 0 Å². The van der Waals surface area contributed by atoms with Crippen LogP contribution in [-0.4, -0.2) is 34.2 Å². The van der Waals surface area contributed by atoms with Gasteiger partial charge in [-0.2, -0.15) is 0 Å². The van der Waals surface area contributed by atoms with E-state index in [4.69, 9.17) is 4.42 Å². The molecule has 1 N–H and O–H groups in total. The first-order chi connectivity index (χ1) is 13.0. The summed E-state index contributed by atoms with van der Waals surface area (Å²) < 4.78 is 5.21. The van der Waals surface area contributed by atoms with Crippen LogP contribution in [0.2, 0.25) is 0 Å². The molecule has 1 aromatic carbocycles. The second-order valence-corrected chi connectivity index (χ2v) is 6.56. The molecule has 0 radical (unpaired) electrons. The molecule has 0 atom stereocenters. The number of nitro groups is 1. The van der Waals surface area contributed by atoms with E-state index in [0.717, 1.165) is 32.1 Å². The summed E-state index contributed by atoms with van der Waals surface area (Å²) in [4.78, 5) is 37.2. The highest BCUT2D eigenvalue weighted by molar-refractivity contribution is 5.98. The minimum Gasteiger partial charge on any atom is -0.459 e. The molecule has 2 amide bonds. The summed E-state index contributed by atoms with van der Waals surface area (Å²) in [7, 11) is 0. The lowest BCUT2D eigenvalue weighted by Gasteiger charge is -2.33. The van der Waals surface area contributed by atoms with E-state index in [0.29, 0.717) is 5.69 Å². The van der Waals surface area contributed by atoms with Crippen LogP contribution in [0.25, 0.3) is 0 Å². The average molecular weight is 371 g/mol. The molecule has 8 nitrogen and oxygen atoms in total. The predicted molar refractivity (Wildman–Crippen MR) is 98.3 cm³/mol. The molecular weight excluding hydrogens is 350 g/mol. The number of anilines is 1. The Morgan fingerprint density at radius 1 is 1.19 bits per heavy atom. The smallest absolute Gasteiger partial charge is 0.290 e. The van der Waals surface area contributed by atoms with Gasteiger partial charge in [0.25, 0.3) is 11.6 Å². The van der Waals surface area contributed by atoms with Gasteiger partial charge in [0, 0.05) is 23.9 Å². The molecule has 1 heterocycles. The Labute approximate surface area is 156 Å². The van der Waals surface area contributed by atoms with Gasteiger partial charge < -0.3 is 14.6 Å². The number of carbonyl (C=O) groups excluding carboxylic acids is 2. The fraction of sp³-hybridized carbons (Fsp3) is 0.368. The third kappa shape index (κ3) is 4.72. The summed E-state index contributed by atoms with van der Waals surface area (Å²) in [5.41, 5.74) is 0.215. The van der Waals surface area contributed by atoms with Crippen molar-refractivity contribution in [2.24, 2.45) is 0 Å². The fourth-order valence-electron chi connectivity index (χ4n) is 3.35. The van der Waals surface area contributed by atoms with Gasteiger partial charge in [-0.3, -0.25) is 19.7 Å². The maximum absolute atomic E-state index is 12.8. The molecule has 1 aliphatic rings. The van der Waals surface area contributed by atoms with Crippen molar-refractivity contribution in [3.63, 3.8) is 0 Å². The highest BCUT2D eigenvalue weighted by atomic mass is 16.6. The number of furan rings is 1. The van der Waals surface area contributed by atoms with Crippen LogP contribution in [0.4, 0.5) is 11.4 Å². The van der Waals surface area contributed by atoms with Gasteiger partial charge in [-0.25, -0.2) is 0 Å². The number of non-ortho nitro benzene ring substituents is 1. The first kappa shape index (κ1) is 18.6. The third-order valence-corrected chi connectivity index (χ3v) is 4.66. The monoisotopic (exact) mass is 371 g/mol. The van der Waals surface area contributed by atoms with Crippen LogP contribution in [0.15, 0.2) is 47.1 Å². The van der Waals surface area contributed by atoms with Gasteiger partial charge in [-0.1, -0.05) is 25.3 Å². The molecule has 1 aromatic heterocycles. The number of benzene rings is 1. The molecule has 0 saturated heterocycles. The van der Waals surface area contributed by atoms with Crippen LogP contribution in [0.3, 0.4) is 0 Å². The van der Waals surface area contributed by atoms with Gasteiger partial charge in [0.15, 0.2) is 5.76 Å². The van der Waals surface area contributed by atoms with Crippen LogP contribution in [0.1, 0.15) is 42.7 Å². The van der Waals surface area contributed by atoms with E-state index in [1.54, 1.807) is 23.1 Å². The highest BCUT2D eigenvalue weighted by Gasteiger charge is 2.29. The molecule has 0 aliphatic heterocycles. The Morgan fingerprint density at radius 3 is 2.63 bits per heavy atom. The molecule has 1 saturated carbocycles. The van der Waals surface area contributed by atoms with Crippen molar-refractivity contribution < 1.29 is 18.9 Å². The van der Waals surface area contributed by atoms with Gasteiger partial charge in [0.1, 0.15) is 6.54 Å². The molecule has 0 spiro atoms. The molecule has 1 aliphatic carbocycles. The summed E-state index contributed by atoms with van der Waals surface area (Å²) in [5.74, 6) is -0.522. The maximum Gasteiger partial charge on any atom is 0.290 e. The minimum atomic E-state index is -0.523. The number of hydrogen-bond donors (Lipinski definition) is 1. The standard InChI is InChI=1S/C19H21N3O5/c23-18(20-14-6-4-9-16(12-14)22(25)26)13-21(15-7-2-1-3-8-15)19(24)17-10-5-11-27-17/h4-6,9-12,15H,1-3,7-8,13H2,(H,20,23). The van der Waals surface area contributed by atoms with Crippen molar-refractivity contribution in [2.75, 3.05) is 11.9 Å². The van der Waals surface area contributed by atoms with Crippen molar-refractivity contribution >= 4 is 23.2 Å². The first-order valence-electron chi connectivity index (χ1n) is 8.93. The lowest BCUT2D eigenvalue weighted by atomic mass is 9.94. The number of rotatable bonds is 6. The number of nitrogens with one attached hydrogen (secondary N) is 1. The second kappa shape index (κ2) is 8.48. The topological polar surface area (TPSA) is 106 Å². The van der Waals surface area contributed by atoms with E-state index in [2.05, 4.69) is 5.32 Å². The normalized spacial score (nSPS) is 14.5. The Kier molecular flexibility index (Phi) is 5.85. The van der Waals surface area contributed by atoms with E-state index < -0.39 is 10.8 Å². The molecule has 142 valence electrons. The van der Waals surface area contributed by atoms with Crippen LogP contribution in [0.5, 0.6) is 0 Å². The van der Waals surface area contributed by atoms with E-state index in [-0.39, 0.29) is 29.9 Å².